The van der Waals surface area contributed by atoms with Crippen LogP contribution in [0, 0.1) is 6.92 Å². The number of nitrogens with zero attached hydrogens (tertiary/aromatic N) is 2. The molecule has 2 heterocycles. The van der Waals surface area contributed by atoms with Gasteiger partial charge in [0.2, 0.25) is 0 Å². The van der Waals surface area contributed by atoms with Gasteiger partial charge < -0.3 is 14.8 Å². The smallest absolute Gasteiger partial charge is 0.139 e. The Hall–Kier alpha value is -2.69. The highest BCUT2D eigenvalue weighted by Crippen LogP contribution is 2.38. The number of benzene rings is 1. The zero-order chi connectivity index (χ0) is 18.2. The Bertz CT molecular complexity index is 907. The summed E-state index contributed by atoms with van der Waals surface area (Å²) in [4.78, 5) is 4.86. The SMILES string of the molecule is COc1ccc(OC)c(-c2nc3ccc(C)cn3c2NC(C)(C)C)c1. The van der Waals surface area contributed by atoms with Crippen LogP contribution in [0.3, 0.4) is 0 Å². The van der Waals surface area contributed by atoms with Gasteiger partial charge in [-0.2, -0.15) is 0 Å². The van der Waals surface area contributed by atoms with E-state index in [1.165, 1.54) is 5.56 Å². The maximum absolute atomic E-state index is 5.57. The first-order chi connectivity index (χ1) is 11.8. The molecule has 3 rings (SSSR count). The normalized spacial score (nSPS) is 11.6. The van der Waals surface area contributed by atoms with Gasteiger partial charge in [-0.25, -0.2) is 4.98 Å². The molecule has 1 aromatic carbocycles. The quantitative estimate of drug-likeness (QED) is 0.758. The van der Waals surface area contributed by atoms with E-state index in [0.29, 0.717) is 0 Å². The highest BCUT2D eigenvalue weighted by molar-refractivity contribution is 5.81. The monoisotopic (exact) mass is 339 g/mol. The van der Waals surface area contributed by atoms with Crippen LogP contribution in [-0.2, 0) is 0 Å². The van der Waals surface area contributed by atoms with Crippen molar-refractivity contribution in [1.82, 2.24) is 9.38 Å². The molecule has 25 heavy (non-hydrogen) atoms. The Morgan fingerprint density at radius 3 is 2.44 bits per heavy atom. The van der Waals surface area contributed by atoms with E-state index in [1.54, 1.807) is 14.2 Å². The fourth-order valence-electron chi connectivity index (χ4n) is 2.81. The average molecular weight is 339 g/mol. The summed E-state index contributed by atoms with van der Waals surface area (Å²) in [6, 6.07) is 9.85. The Labute approximate surface area is 148 Å². The summed E-state index contributed by atoms with van der Waals surface area (Å²) >= 11 is 0. The maximum Gasteiger partial charge on any atom is 0.139 e. The Morgan fingerprint density at radius 1 is 1.04 bits per heavy atom. The van der Waals surface area contributed by atoms with Crippen molar-refractivity contribution in [3.05, 3.63) is 42.1 Å². The van der Waals surface area contributed by atoms with Crippen molar-refractivity contribution < 1.29 is 9.47 Å². The minimum absolute atomic E-state index is 0.111. The fraction of sp³-hybridized carbons (Fsp3) is 0.350. The molecule has 5 nitrogen and oxygen atoms in total. The van der Waals surface area contributed by atoms with E-state index in [-0.39, 0.29) is 5.54 Å². The lowest BCUT2D eigenvalue weighted by Gasteiger charge is -2.23. The predicted molar refractivity (Wildman–Crippen MR) is 102 cm³/mol. The van der Waals surface area contributed by atoms with Gasteiger partial charge in [0.05, 0.1) is 14.2 Å². The Kier molecular flexibility index (Phi) is 4.33. The molecule has 0 radical (unpaired) electrons. The number of nitrogens with one attached hydrogen (secondary N) is 1. The number of ether oxygens (including phenoxy) is 2. The first-order valence-corrected chi connectivity index (χ1v) is 8.31. The minimum Gasteiger partial charge on any atom is -0.497 e. The van der Waals surface area contributed by atoms with Crippen LogP contribution < -0.4 is 14.8 Å². The van der Waals surface area contributed by atoms with Gasteiger partial charge in [-0.3, -0.25) is 4.40 Å². The van der Waals surface area contributed by atoms with Crippen LogP contribution in [-0.4, -0.2) is 29.1 Å². The molecule has 1 N–H and O–H groups in total. The first-order valence-electron chi connectivity index (χ1n) is 8.31. The van der Waals surface area contributed by atoms with Crippen LogP contribution in [0.5, 0.6) is 11.5 Å². The second-order valence-electron chi connectivity index (χ2n) is 7.18. The number of aryl methyl sites for hydroxylation is 1. The van der Waals surface area contributed by atoms with E-state index in [9.17, 15) is 0 Å². The molecule has 0 saturated heterocycles. The Morgan fingerprint density at radius 2 is 1.80 bits per heavy atom. The molecule has 0 amide bonds. The van der Waals surface area contributed by atoms with E-state index in [4.69, 9.17) is 14.5 Å². The van der Waals surface area contributed by atoms with Gasteiger partial charge in [0.15, 0.2) is 0 Å². The van der Waals surface area contributed by atoms with Crippen molar-refractivity contribution in [3.8, 4) is 22.8 Å². The van der Waals surface area contributed by atoms with Gasteiger partial charge >= 0.3 is 0 Å². The summed E-state index contributed by atoms with van der Waals surface area (Å²) in [5, 5.41) is 3.59. The van der Waals surface area contributed by atoms with Crippen molar-refractivity contribution in [2.45, 2.75) is 33.2 Å². The number of hydrogen-bond donors (Lipinski definition) is 1. The van der Waals surface area contributed by atoms with Crippen LogP contribution in [0.1, 0.15) is 26.3 Å². The number of hydrogen-bond acceptors (Lipinski definition) is 4. The molecule has 0 aliphatic carbocycles. The lowest BCUT2D eigenvalue weighted by atomic mass is 10.1. The molecule has 0 unspecified atom stereocenters. The highest BCUT2D eigenvalue weighted by atomic mass is 16.5. The van der Waals surface area contributed by atoms with E-state index in [2.05, 4.69) is 49.7 Å². The zero-order valence-corrected chi connectivity index (χ0v) is 15.7. The highest BCUT2D eigenvalue weighted by Gasteiger charge is 2.22. The number of imidazole rings is 1. The number of methoxy groups -OCH3 is 2. The van der Waals surface area contributed by atoms with Gasteiger partial charge in [-0.05, 0) is 57.5 Å². The van der Waals surface area contributed by atoms with Crippen LogP contribution in [0.2, 0.25) is 0 Å². The summed E-state index contributed by atoms with van der Waals surface area (Å²) < 4.78 is 13.1. The van der Waals surface area contributed by atoms with Crippen LogP contribution >= 0.6 is 0 Å². The van der Waals surface area contributed by atoms with Crippen LogP contribution in [0.15, 0.2) is 36.5 Å². The third-order valence-electron chi connectivity index (χ3n) is 3.92. The number of pyridine rings is 1. The number of anilines is 1. The molecule has 0 aliphatic rings. The van der Waals surface area contributed by atoms with E-state index >= 15 is 0 Å². The molecule has 3 aromatic rings. The summed E-state index contributed by atoms with van der Waals surface area (Å²) in [5.74, 6) is 2.47. The topological polar surface area (TPSA) is 47.8 Å². The molecular formula is C20H25N3O2. The molecule has 0 atom stereocenters. The zero-order valence-electron chi connectivity index (χ0n) is 15.7. The van der Waals surface area contributed by atoms with Gasteiger partial charge in [0.25, 0.3) is 0 Å². The molecule has 0 aliphatic heterocycles. The third-order valence-corrected chi connectivity index (χ3v) is 3.92. The lowest BCUT2D eigenvalue weighted by Crippen LogP contribution is -2.27. The molecule has 0 saturated carbocycles. The number of rotatable bonds is 4. The van der Waals surface area contributed by atoms with Crippen LogP contribution in [0.25, 0.3) is 16.9 Å². The van der Waals surface area contributed by atoms with Crippen molar-refractivity contribution in [2.75, 3.05) is 19.5 Å². The molecule has 2 aromatic heterocycles. The largest absolute Gasteiger partial charge is 0.497 e. The molecule has 0 spiro atoms. The minimum atomic E-state index is -0.111. The molecule has 5 heteroatoms. The molecule has 0 bridgehead atoms. The van der Waals surface area contributed by atoms with E-state index in [1.807, 2.05) is 24.3 Å². The van der Waals surface area contributed by atoms with Gasteiger partial charge in [-0.15, -0.1) is 0 Å². The van der Waals surface area contributed by atoms with Gasteiger partial charge in [0, 0.05) is 17.3 Å². The number of fused-ring (bicyclic) bond motifs is 1. The predicted octanol–water partition coefficient (Wildman–Crippen LogP) is 4.54. The summed E-state index contributed by atoms with van der Waals surface area (Å²) in [6.07, 6.45) is 2.09. The summed E-state index contributed by atoms with van der Waals surface area (Å²) in [6.45, 7) is 8.48. The van der Waals surface area contributed by atoms with Gasteiger partial charge in [0.1, 0.15) is 28.7 Å². The van der Waals surface area contributed by atoms with E-state index in [0.717, 1.165) is 34.2 Å². The second kappa shape index (κ2) is 6.31. The fourth-order valence-corrected chi connectivity index (χ4v) is 2.81. The maximum atomic E-state index is 5.57. The molecular weight excluding hydrogens is 314 g/mol. The van der Waals surface area contributed by atoms with E-state index < -0.39 is 0 Å². The lowest BCUT2D eigenvalue weighted by molar-refractivity contribution is 0.404. The first kappa shape index (κ1) is 17.1. The van der Waals surface area contributed by atoms with Crippen LogP contribution in [0.4, 0.5) is 5.82 Å². The van der Waals surface area contributed by atoms with Gasteiger partial charge in [-0.1, -0.05) is 6.07 Å². The third kappa shape index (κ3) is 3.40. The molecule has 132 valence electrons. The van der Waals surface area contributed by atoms with Crippen molar-refractivity contribution in [3.63, 3.8) is 0 Å². The van der Waals surface area contributed by atoms with Crippen molar-refractivity contribution >= 4 is 11.5 Å². The standard InChI is InChI=1S/C20H25N3O2/c1-13-7-10-17-21-18(19(23(17)12-13)22-20(2,3)4)15-11-14(24-5)8-9-16(15)25-6/h7-12,22H,1-6H3. The second-order valence-corrected chi connectivity index (χ2v) is 7.18. The molecule has 0 fully saturated rings. The number of aromatic nitrogens is 2. The summed E-state index contributed by atoms with van der Waals surface area (Å²) in [5.41, 5.74) is 3.69. The summed E-state index contributed by atoms with van der Waals surface area (Å²) in [7, 11) is 3.33. The van der Waals surface area contributed by atoms with Crippen molar-refractivity contribution in [1.29, 1.82) is 0 Å². The average Bonchev–Trinajstić information content (AvgIpc) is 2.90. The van der Waals surface area contributed by atoms with Crippen molar-refractivity contribution in [2.24, 2.45) is 0 Å². The Balaban J connectivity index is 2.30.